The smallest absolute Gasteiger partial charge is 0.370 e. The van der Waals surface area contributed by atoms with Gasteiger partial charge in [0.25, 0.3) is 5.91 Å². The second-order valence-electron chi connectivity index (χ2n) is 3.57. The molecule has 4 N–H and O–H groups in total. The van der Waals surface area contributed by atoms with Gasteiger partial charge in [-0.05, 0) is 12.1 Å². The Bertz CT molecular complexity index is 557. The summed E-state index contributed by atoms with van der Waals surface area (Å²) < 4.78 is 76.1. The molecule has 0 aliphatic carbocycles. The molecule has 0 aliphatic heterocycles. The zero-order valence-corrected chi connectivity index (χ0v) is 9.51. The van der Waals surface area contributed by atoms with Gasteiger partial charge in [-0.3, -0.25) is 4.79 Å². The third kappa shape index (κ3) is 3.39. The van der Waals surface area contributed by atoms with Crippen LogP contribution in [0.5, 0.6) is 0 Å². The van der Waals surface area contributed by atoms with Gasteiger partial charge in [0.05, 0.1) is 16.7 Å². The molecule has 0 bridgehead atoms. The van der Waals surface area contributed by atoms with E-state index in [1.807, 2.05) is 0 Å². The second kappa shape index (κ2) is 5.02. The summed E-state index contributed by atoms with van der Waals surface area (Å²) in [5.74, 6) is -2.47. The lowest BCUT2D eigenvalue weighted by atomic mass is 9.99. The fourth-order valence-electron chi connectivity index (χ4n) is 1.45. The maximum absolute atomic E-state index is 12.8. The quantitative estimate of drug-likeness (QED) is 0.473. The lowest BCUT2D eigenvalue weighted by molar-refractivity contribution is -0.162. The highest BCUT2D eigenvalue weighted by atomic mass is 19.4. The highest BCUT2D eigenvalue weighted by molar-refractivity contribution is 6.03. The van der Waals surface area contributed by atoms with Crippen LogP contribution < -0.4 is 11.5 Å². The Hall–Kier alpha value is -2.26. The fraction of sp³-hybridized carbons (Fsp3) is 0.200. The average molecular weight is 299 g/mol. The van der Waals surface area contributed by atoms with Crippen LogP contribution in [0.1, 0.15) is 21.5 Å². The zero-order chi connectivity index (χ0) is 15.7. The molecule has 0 radical (unpaired) electrons. The molecule has 0 spiro atoms. The van der Waals surface area contributed by atoms with Crippen molar-refractivity contribution in [1.29, 1.82) is 0 Å². The number of alkyl halides is 6. The van der Waals surface area contributed by atoms with E-state index in [9.17, 15) is 31.1 Å². The van der Waals surface area contributed by atoms with Gasteiger partial charge in [0.15, 0.2) is 5.96 Å². The van der Waals surface area contributed by atoms with E-state index in [1.54, 1.807) is 0 Å². The lowest BCUT2D eigenvalue weighted by Gasteiger charge is -2.17. The van der Waals surface area contributed by atoms with Gasteiger partial charge in [0, 0.05) is 0 Å². The van der Waals surface area contributed by atoms with Crippen molar-refractivity contribution in [2.45, 2.75) is 12.4 Å². The van der Waals surface area contributed by atoms with Crippen molar-refractivity contribution in [1.82, 2.24) is 0 Å². The van der Waals surface area contributed by atoms with Crippen LogP contribution in [0.4, 0.5) is 26.3 Å². The van der Waals surface area contributed by atoms with E-state index < -0.39 is 40.9 Å². The standard InChI is InChI=1S/C10H7F6N3O/c11-9(12,13)5-3-1-2-4(6(5)10(14,15)16)7(20)19-8(17)18/h1-3H,(H4,17,18,19,20). The molecule has 1 aromatic carbocycles. The minimum atomic E-state index is -5.39. The van der Waals surface area contributed by atoms with E-state index in [-0.39, 0.29) is 6.07 Å². The predicted molar refractivity (Wildman–Crippen MR) is 56.6 cm³/mol. The largest absolute Gasteiger partial charge is 0.417 e. The molecule has 0 fully saturated rings. The van der Waals surface area contributed by atoms with Gasteiger partial charge in [-0.15, -0.1) is 0 Å². The number of carbonyl (C=O) groups excluding carboxylic acids is 1. The summed E-state index contributed by atoms with van der Waals surface area (Å²) in [6.45, 7) is 0. The van der Waals surface area contributed by atoms with Gasteiger partial charge in [-0.25, -0.2) is 0 Å². The number of aliphatic imine (C=N–C) groups is 1. The summed E-state index contributed by atoms with van der Waals surface area (Å²) in [6.07, 6.45) is -10.7. The van der Waals surface area contributed by atoms with E-state index in [2.05, 4.69) is 4.99 Å². The highest BCUT2D eigenvalue weighted by Crippen LogP contribution is 2.42. The van der Waals surface area contributed by atoms with Crippen molar-refractivity contribution < 1.29 is 31.1 Å². The van der Waals surface area contributed by atoms with Crippen molar-refractivity contribution in [2.75, 3.05) is 0 Å². The van der Waals surface area contributed by atoms with Gasteiger partial charge in [-0.1, -0.05) is 6.07 Å². The summed E-state index contributed by atoms with van der Waals surface area (Å²) in [4.78, 5) is 14.2. The van der Waals surface area contributed by atoms with E-state index >= 15 is 0 Å². The predicted octanol–water partition coefficient (Wildman–Crippen LogP) is 2.14. The summed E-state index contributed by atoms with van der Waals surface area (Å²) in [5.41, 5.74) is 4.25. The number of nitrogens with two attached hydrogens (primary N) is 2. The Morgan fingerprint density at radius 2 is 1.55 bits per heavy atom. The van der Waals surface area contributed by atoms with E-state index in [0.29, 0.717) is 12.1 Å². The third-order valence-corrected chi connectivity index (χ3v) is 2.11. The van der Waals surface area contributed by atoms with Crippen LogP contribution in [0.2, 0.25) is 0 Å². The van der Waals surface area contributed by atoms with Gasteiger partial charge >= 0.3 is 12.4 Å². The molecule has 110 valence electrons. The molecule has 10 heteroatoms. The molecule has 0 atom stereocenters. The van der Waals surface area contributed by atoms with Crippen LogP contribution in [0.3, 0.4) is 0 Å². The fourth-order valence-corrected chi connectivity index (χ4v) is 1.45. The number of amides is 1. The zero-order valence-electron chi connectivity index (χ0n) is 9.51. The van der Waals surface area contributed by atoms with Gasteiger partial charge in [-0.2, -0.15) is 31.3 Å². The topological polar surface area (TPSA) is 81.5 Å². The van der Waals surface area contributed by atoms with Crippen LogP contribution in [-0.4, -0.2) is 11.9 Å². The molecule has 1 aromatic rings. The van der Waals surface area contributed by atoms with Gasteiger partial charge in [0.2, 0.25) is 0 Å². The molecule has 20 heavy (non-hydrogen) atoms. The Morgan fingerprint density at radius 1 is 1.00 bits per heavy atom. The molecule has 1 amide bonds. The van der Waals surface area contributed by atoms with E-state index in [4.69, 9.17) is 11.5 Å². The first kappa shape index (κ1) is 15.8. The van der Waals surface area contributed by atoms with Crippen LogP contribution in [0.25, 0.3) is 0 Å². The average Bonchev–Trinajstić information content (AvgIpc) is 2.24. The molecular formula is C10H7F6N3O. The van der Waals surface area contributed by atoms with Crippen LogP contribution in [0, 0.1) is 0 Å². The molecule has 1 rings (SSSR count). The minimum absolute atomic E-state index is 0.217. The summed E-state index contributed by atoms with van der Waals surface area (Å²) in [7, 11) is 0. The van der Waals surface area contributed by atoms with E-state index in [0.717, 1.165) is 0 Å². The molecule has 0 heterocycles. The van der Waals surface area contributed by atoms with Crippen LogP contribution in [0.15, 0.2) is 23.2 Å². The van der Waals surface area contributed by atoms with Crippen molar-refractivity contribution in [3.05, 3.63) is 34.9 Å². The number of benzene rings is 1. The number of carbonyl (C=O) groups is 1. The molecule has 0 saturated heterocycles. The maximum Gasteiger partial charge on any atom is 0.417 e. The number of halogens is 6. The Labute approximate surface area is 108 Å². The molecule has 0 unspecified atom stereocenters. The number of hydrogen-bond donors (Lipinski definition) is 2. The first-order valence-electron chi connectivity index (χ1n) is 4.86. The molecular weight excluding hydrogens is 292 g/mol. The summed E-state index contributed by atoms with van der Waals surface area (Å²) in [6, 6.07) is 1.44. The Morgan fingerprint density at radius 3 is 1.95 bits per heavy atom. The van der Waals surface area contributed by atoms with Crippen molar-refractivity contribution in [3.63, 3.8) is 0 Å². The van der Waals surface area contributed by atoms with Crippen molar-refractivity contribution >= 4 is 11.9 Å². The number of hydrogen-bond acceptors (Lipinski definition) is 1. The minimum Gasteiger partial charge on any atom is -0.370 e. The summed E-state index contributed by atoms with van der Waals surface area (Å²) >= 11 is 0. The first-order valence-corrected chi connectivity index (χ1v) is 4.86. The monoisotopic (exact) mass is 299 g/mol. The maximum atomic E-state index is 12.8. The lowest BCUT2D eigenvalue weighted by Crippen LogP contribution is -2.26. The third-order valence-electron chi connectivity index (χ3n) is 2.11. The van der Waals surface area contributed by atoms with Crippen LogP contribution >= 0.6 is 0 Å². The molecule has 0 saturated carbocycles. The number of nitrogens with zero attached hydrogens (tertiary/aromatic N) is 1. The normalized spacial score (nSPS) is 12.1. The summed E-state index contributed by atoms with van der Waals surface area (Å²) in [5, 5.41) is 0. The van der Waals surface area contributed by atoms with Crippen molar-refractivity contribution in [3.8, 4) is 0 Å². The van der Waals surface area contributed by atoms with Gasteiger partial charge in [0.1, 0.15) is 0 Å². The Kier molecular flexibility index (Phi) is 3.97. The van der Waals surface area contributed by atoms with Crippen molar-refractivity contribution in [2.24, 2.45) is 16.5 Å². The van der Waals surface area contributed by atoms with Gasteiger partial charge < -0.3 is 11.5 Å². The highest BCUT2D eigenvalue weighted by Gasteiger charge is 2.45. The number of rotatable bonds is 1. The Balaban J connectivity index is 3.63. The SMILES string of the molecule is NC(N)=NC(=O)c1cccc(C(F)(F)F)c1C(F)(F)F. The first-order chi connectivity index (χ1) is 8.94. The molecule has 4 nitrogen and oxygen atoms in total. The number of guanidine groups is 1. The van der Waals surface area contributed by atoms with E-state index in [1.165, 1.54) is 0 Å². The molecule has 0 aromatic heterocycles. The second-order valence-corrected chi connectivity index (χ2v) is 3.57. The van der Waals surface area contributed by atoms with Crippen LogP contribution in [-0.2, 0) is 12.4 Å². The molecule has 0 aliphatic rings.